The van der Waals surface area contributed by atoms with Crippen molar-refractivity contribution in [3.05, 3.63) is 95.2 Å². The van der Waals surface area contributed by atoms with Crippen molar-refractivity contribution in [1.29, 1.82) is 0 Å². The molecule has 152 valence electrons. The van der Waals surface area contributed by atoms with Crippen LogP contribution in [0.1, 0.15) is 15.9 Å². The average molecular weight is 444 g/mol. The number of nitrogens with one attached hydrogen (secondary N) is 1. The summed E-state index contributed by atoms with van der Waals surface area (Å²) in [6.07, 6.45) is 5.07. The summed E-state index contributed by atoms with van der Waals surface area (Å²) in [6, 6.07) is 12.6. The molecule has 0 aliphatic rings. The number of fused-ring (bicyclic) bond motifs is 1. The number of pyridine rings is 1. The molecule has 0 fully saturated rings. The smallest absolute Gasteiger partial charge is 0.253 e. The van der Waals surface area contributed by atoms with Gasteiger partial charge in [0, 0.05) is 30.2 Å². The second-order valence-electron chi connectivity index (χ2n) is 6.55. The van der Waals surface area contributed by atoms with Crippen LogP contribution in [0.5, 0.6) is 0 Å². The summed E-state index contributed by atoms with van der Waals surface area (Å²) in [5, 5.41) is 2.79. The molecule has 0 unspecified atom stereocenters. The van der Waals surface area contributed by atoms with E-state index in [1.807, 2.05) is 0 Å². The Bertz CT molecular complexity index is 1330. The van der Waals surface area contributed by atoms with Gasteiger partial charge in [-0.2, -0.15) is 0 Å². The third-order valence-electron chi connectivity index (χ3n) is 4.48. The molecule has 0 saturated carbocycles. The van der Waals surface area contributed by atoms with Crippen LogP contribution in [0.4, 0.5) is 4.39 Å². The van der Waals surface area contributed by atoms with Crippen LogP contribution in [0.25, 0.3) is 5.65 Å². The number of carbonyl (C=O) groups excluding carboxylic acids is 1. The van der Waals surface area contributed by atoms with E-state index in [4.69, 9.17) is 11.6 Å². The van der Waals surface area contributed by atoms with Gasteiger partial charge in [-0.1, -0.05) is 23.7 Å². The van der Waals surface area contributed by atoms with Crippen LogP contribution in [-0.4, -0.2) is 23.7 Å². The van der Waals surface area contributed by atoms with E-state index in [1.165, 1.54) is 18.2 Å². The third-order valence-corrected chi connectivity index (χ3v) is 6.45. The predicted octanol–water partition coefficient (Wildman–Crippen LogP) is 3.89. The highest BCUT2D eigenvalue weighted by Crippen LogP contribution is 2.25. The van der Waals surface area contributed by atoms with Gasteiger partial charge in [-0.15, -0.1) is 0 Å². The SMILES string of the molecule is O=C(NCc1ccc(S(=O)(=O)c2cc(F)cc(Cl)c2)cc1)c1ccc2nccn2c1. The molecule has 30 heavy (non-hydrogen) atoms. The summed E-state index contributed by atoms with van der Waals surface area (Å²) in [4.78, 5) is 16.3. The molecule has 0 bridgehead atoms. The first-order chi connectivity index (χ1) is 14.3. The van der Waals surface area contributed by atoms with Gasteiger partial charge in [0.05, 0.1) is 15.4 Å². The van der Waals surface area contributed by atoms with Crippen LogP contribution in [0.15, 0.2) is 83.0 Å². The van der Waals surface area contributed by atoms with E-state index < -0.39 is 15.7 Å². The molecule has 1 N–H and O–H groups in total. The molecule has 0 radical (unpaired) electrons. The van der Waals surface area contributed by atoms with Gasteiger partial charge in [-0.05, 0) is 48.0 Å². The average Bonchev–Trinajstić information content (AvgIpc) is 3.19. The summed E-state index contributed by atoms with van der Waals surface area (Å²) in [7, 11) is -3.91. The van der Waals surface area contributed by atoms with Gasteiger partial charge >= 0.3 is 0 Å². The van der Waals surface area contributed by atoms with Crippen molar-refractivity contribution in [3.63, 3.8) is 0 Å². The van der Waals surface area contributed by atoms with Gasteiger partial charge in [0.25, 0.3) is 5.91 Å². The molecule has 9 heteroatoms. The fourth-order valence-corrected chi connectivity index (χ4v) is 4.55. The number of nitrogens with zero attached hydrogens (tertiary/aromatic N) is 2. The molecule has 2 heterocycles. The zero-order valence-corrected chi connectivity index (χ0v) is 17.0. The fraction of sp³-hybridized carbons (Fsp3) is 0.0476. The van der Waals surface area contributed by atoms with Crippen LogP contribution in [0, 0.1) is 5.82 Å². The van der Waals surface area contributed by atoms with Crippen LogP contribution in [-0.2, 0) is 16.4 Å². The van der Waals surface area contributed by atoms with Crippen LogP contribution in [0.3, 0.4) is 0 Å². The number of sulfone groups is 1. The maximum absolute atomic E-state index is 13.5. The van der Waals surface area contributed by atoms with E-state index in [-0.39, 0.29) is 27.3 Å². The van der Waals surface area contributed by atoms with E-state index in [1.54, 1.807) is 47.3 Å². The topological polar surface area (TPSA) is 80.5 Å². The van der Waals surface area contributed by atoms with Gasteiger partial charge in [0.2, 0.25) is 9.84 Å². The molecule has 6 nitrogen and oxygen atoms in total. The molecule has 0 aliphatic carbocycles. The number of aromatic nitrogens is 2. The number of carbonyl (C=O) groups is 1. The van der Waals surface area contributed by atoms with E-state index in [0.717, 1.165) is 17.8 Å². The van der Waals surface area contributed by atoms with Gasteiger partial charge in [0.15, 0.2) is 0 Å². The zero-order valence-electron chi connectivity index (χ0n) is 15.4. The van der Waals surface area contributed by atoms with Crippen molar-refractivity contribution in [2.45, 2.75) is 16.3 Å². The number of halogens is 2. The van der Waals surface area contributed by atoms with Crippen molar-refractivity contribution in [2.24, 2.45) is 0 Å². The summed E-state index contributed by atoms with van der Waals surface area (Å²) in [6.45, 7) is 0.215. The Morgan fingerprint density at radius 3 is 2.57 bits per heavy atom. The van der Waals surface area contributed by atoms with Gasteiger partial charge in [0.1, 0.15) is 11.5 Å². The molecule has 1 amide bonds. The van der Waals surface area contributed by atoms with E-state index in [2.05, 4.69) is 10.3 Å². The van der Waals surface area contributed by atoms with E-state index in [9.17, 15) is 17.6 Å². The van der Waals surface area contributed by atoms with Crippen molar-refractivity contribution in [2.75, 3.05) is 0 Å². The molecule has 0 aliphatic heterocycles. The molecule has 0 spiro atoms. The molecule has 2 aromatic heterocycles. The number of amides is 1. The van der Waals surface area contributed by atoms with Crippen LogP contribution >= 0.6 is 11.6 Å². The molecule has 0 atom stereocenters. The standard InChI is InChI=1S/C21H15ClFN3O3S/c22-16-9-17(23)11-19(10-16)30(28,29)18-4-1-14(2-5-18)12-25-21(27)15-3-6-20-24-7-8-26(20)13-15/h1-11,13H,12H2,(H,25,27). The lowest BCUT2D eigenvalue weighted by atomic mass is 10.2. The first-order valence-electron chi connectivity index (χ1n) is 8.84. The summed E-state index contributed by atoms with van der Waals surface area (Å²) in [5.74, 6) is -0.994. The van der Waals surface area contributed by atoms with Crippen LogP contribution in [0.2, 0.25) is 5.02 Å². The summed E-state index contributed by atoms with van der Waals surface area (Å²) < 4.78 is 40.6. The minimum absolute atomic E-state index is 0.00166. The number of rotatable bonds is 5. The van der Waals surface area contributed by atoms with Crippen molar-refractivity contribution in [1.82, 2.24) is 14.7 Å². The van der Waals surface area contributed by atoms with Crippen molar-refractivity contribution < 1.29 is 17.6 Å². The second kappa shape index (κ2) is 7.89. The Kier molecular flexibility index (Phi) is 5.27. The number of hydrogen-bond acceptors (Lipinski definition) is 4. The predicted molar refractivity (Wildman–Crippen MR) is 110 cm³/mol. The first-order valence-corrected chi connectivity index (χ1v) is 10.7. The summed E-state index contributed by atoms with van der Waals surface area (Å²) in [5.41, 5.74) is 1.92. The Labute approximate surface area is 176 Å². The molecule has 4 rings (SSSR count). The lowest BCUT2D eigenvalue weighted by Crippen LogP contribution is -2.23. The molecule has 2 aromatic carbocycles. The monoisotopic (exact) mass is 443 g/mol. The fourth-order valence-electron chi connectivity index (χ4n) is 2.94. The minimum atomic E-state index is -3.91. The zero-order chi connectivity index (χ0) is 21.3. The largest absolute Gasteiger partial charge is 0.348 e. The Hall–Kier alpha value is -3.23. The first kappa shape index (κ1) is 20.1. The Balaban J connectivity index is 1.47. The second-order valence-corrected chi connectivity index (χ2v) is 8.93. The van der Waals surface area contributed by atoms with Gasteiger partial charge < -0.3 is 9.72 Å². The Morgan fingerprint density at radius 1 is 1.07 bits per heavy atom. The minimum Gasteiger partial charge on any atom is -0.348 e. The Morgan fingerprint density at radius 2 is 1.83 bits per heavy atom. The van der Waals surface area contributed by atoms with E-state index in [0.29, 0.717) is 11.1 Å². The van der Waals surface area contributed by atoms with E-state index >= 15 is 0 Å². The quantitative estimate of drug-likeness (QED) is 0.507. The highest BCUT2D eigenvalue weighted by molar-refractivity contribution is 7.91. The third kappa shape index (κ3) is 4.05. The van der Waals surface area contributed by atoms with Crippen molar-refractivity contribution in [3.8, 4) is 0 Å². The molecular formula is C21H15ClFN3O3S. The van der Waals surface area contributed by atoms with Gasteiger partial charge in [-0.3, -0.25) is 4.79 Å². The lowest BCUT2D eigenvalue weighted by Gasteiger charge is -2.08. The van der Waals surface area contributed by atoms with Crippen LogP contribution < -0.4 is 5.32 Å². The normalized spacial score (nSPS) is 11.5. The highest BCUT2D eigenvalue weighted by Gasteiger charge is 2.19. The highest BCUT2D eigenvalue weighted by atomic mass is 35.5. The molecule has 0 saturated heterocycles. The number of hydrogen-bond donors (Lipinski definition) is 1. The molecular weight excluding hydrogens is 429 g/mol. The maximum Gasteiger partial charge on any atom is 0.253 e. The summed E-state index contributed by atoms with van der Waals surface area (Å²) >= 11 is 5.77. The van der Waals surface area contributed by atoms with Gasteiger partial charge in [-0.25, -0.2) is 17.8 Å². The molecule has 4 aromatic rings. The lowest BCUT2D eigenvalue weighted by molar-refractivity contribution is 0.0950. The van der Waals surface area contributed by atoms with Crippen molar-refractivity contribution >= 4 is 33.0 Å². The number of benzene rings is 2. The maximum atomic E-state index is 13.5. The number of imidazole rings is 1.